The van der Waals surface area contributed by atoms with Crippen LogP contribution in [0.25, 0.3) is 52.8 Å². The van der Waals surface area contributed by atoms with E-state index in [2.05, 4.69) is 137 Å². The van der Waals surface area contributed by atoms with Crippen molar-refractivity contribution < 1.29 is 9.60 Å². The van der Waals surface area contributed by atoms with E-state index in [0.29, 0.717) is 0 Å². The fourth-order valence-electron chi connectivity index (χ4n) is 10.4. The lowest BCUT2D eigenvalue weighted by molar-refractivity contribution is 0.786. The Balaban J connectivity index is 1.21. The van der Waals surface area contributed by atoms with Crippen LogP contribution in [0, 0.1) is 0 Å². The second kappa shape index (κ2) is 15.5. The molecular formula is C63H42N2S. The molecule has 0 saturated heterocycles. The molecule has 11 aromatic carbocycles. The van der Waals surface area contributed by atoms with Gasteiger partial charge >= 0.3 is 0 Å². The molecule has 0 N–H and O–H groups in total. The van der Waals surface area contributed by atoms with E-state index in [9.17, 15) is 6.85 Å². The Morgan fingerprint density at radius 1 is 0.333 bits per heavy atom. The quantitative estimate of drug-likeness (QED) is 0.150. The van der Waals surface area contributed by atoms with Crippen LogP contribution < -0.4 is 9.80 Å². The standard InChI is InChI=1S/C63H42N2S/c1-4-22-46(23-5-1)64(47-24-6-2-7-25-47)50-36-38-58-55(41-50)56-42-51(65(48-26-8-3-9-27-48)49-35-34-43-18-10-11-20-45(43)40-49)37-39-59(56)63(58,57-31-16-21-44-19-12-13-28-52(44)57)60-32-17-30-54-53-29-14-15-33-61(53)66-62(54)60/h1-42H/i12D,13D,16D,19D,21D,28D,31D. The van der Waals surface area contributed by atoms with Gasteiger partial charge in [0.05, 0.1) is 15.0 Å². The van der Waals surface area contributed by atoms with Crippen molar-refractivity contribution in [1.29, 1.82) is 0 Å². The second-order valence-electron chi connectivity index (χ2n) is 16.7. The van der Waals surface area contributed by atoms with Crippen LogP contribution in [0.15, 0.2) is 255 Å². The number of nitrogens with zero attached hydrogens (tertiary/aromatic N) is 2. The van der Waals surface area contributed by atoms with Gasteiger partial charge in [-0.25, -0.2) is 0 Å². The van der Waals surface area contributed by atoms with Crippen LogP contribution in [0.4, 0.5) is 34.1 Å². The first-order chi connectivity index (χ1) is 35.6. The van der Waals surface area contributed by atoms with E-state index in [1.54, 1.807) is 11.3 Å². The second-order valence-corrected chi connectivity index (χ2v) is 17.8. The van der Waals surface area contributed by atoms with Gasteiger partial charge in [0.25, 0.3) is 0 Å². The van der Waals surface area contributed by atoms with Crippen molar-refractivity contribution in [2.75, 3.05) is 9.80 Å². The van der Waals surface area contributed by atoms with E-state index in [4.69, 9.17) is 2.74 Å². The molecule has 0 fully saturated rings. The third-order valence-electron chi connectivity index (χ3n) is 13.2. The summed E-state index contributed by atoms with van der Waals surface area (Å²) in [4.78, 5) is 4.47. The number of hydrogen-bond donors (Lipinski definition) is 0. The molecule has 310 valence electrons. The maximum atomic E-state index is 10.2. The summed E-state index contributed by atoms with van der Waals surface area (Å²) in [5, 5.41) is 4.27. The molecule has 0 bridgehead atoms. The Kier molecular flexibility index (Phi) is 7.41. The van der Waals surface area contributed by atoms with E-state index < -0.39 is 35.6 Å². The molecule has 13 rings (SSSR count). The predicted molar refractivity (Wildman–Crippen MR) is 281 cm³/mol. The Bertz CT molecular complexity index is 4150. The molecule has 1 heterocycles. The Hall–Kier alpha value is -8.24. The average molecular weight is 866 g/mol. The molecule has 2 nitrogen and oxygen atoms in total. The van der Waals surface area contributed by atoms with Gasteiger partial charge < -0.3 is 9.80 Å². The van der Waals surface area contributed by atoms with Gasteiger partial charge in [0.1, 0.15) is 0 Å². The van der Waals surface area contributed by atoms with Crippen molar-refractivity contribution in [2.45, 2.75) is 5.41 Å². The zero-order valence-electron chi connectivity index (χ0n) is 42.5. The number of hydrogen-bond acceptors (Lipinski definition) is 3. The van der Waals surface area contributed by atoms with E-state index in [1.807, 2.05) is 84.9 Å². The van der Waals surface area contributed by atoms with Crippen LogP contribution in [0.5, 0.6) is 0 Å². The number of para-hydroxylation sites is 3. The lowest BCUT2D eigenvalue weighted by Crippen LogP contribution is -2.29. The molecule has 1 atom stereocenters. The molecule has 1 aliphatic rings. The summed E-state index contributed by atoms with van der Waals surface area (Å²) in [6.07, 6.45) is 0. The summed E-state index contributed by atoms with van der Waals surface area (Å²) in [7, 11) is 0. The number of anilines is 6. The first-order valence-corrected chi connectivity index (χ1v) is 22.9. The van der Waals surface area contributed by atoms with Crippen molar-refractivity contribution in [2.24, 2.45) is 0 Å². The van der Waals surface area contributed by atoms with Gasteiger partial charge in [0, 0.05) is 54.3 Å². The largest absolute Gasteiger partial charge is 0.310 e. The van der Waals surface area contributed by atoms with Crippen LogP contribution in [0.2, 0.25) is 0 Å². The highest BCUT2D eigenvalue weighted by Crippen LogP contribution is 2.61. The van der Waals surface area contributed by atoms with Crippen LogP contribution in [-0.2, 0) is 5.41 Å². The number of thiophene rings is 1. The van der Waals surface area contributed by atoms with Crippen molar-refractivity contribution in [1.82, 2.24) is 0 Å². The highest BCUT2D eigenvalue weighted by molar-refractivity contribution is 7.26. The monoisotopic (exact) mass is 865 g/mol. The zero-order valence-corrected chi connectivity index (χ0v) is 36.3. The van der Waals surface area contributed by atoms with Gasteiger partial charge in [-0.3, -0.25) is 0 Å². The van der Waals surface area contributed by atoms with Crippen molar-refractivity contribution in [3.05, 3.63) is 277 Å². The molecule has 0 spiro atoms. The molecule has 1 aliphatic carbocycles. The van der Waals surface area contributed by atoms with Gasteiger partial charge in [0.2, 0.25) is 0 Å². The van der Waals surface area contributed by atoms with Gasteiger partial charge in [-0.15, -0.1) is 11.3 Å². The molecule has 66 heavy (non-hydrogen) atoms. The molecular weight excluding hydrogens is 817 g/mol. The van der Waals surface area contributed by atoms with Gasteiger partial charge in [-0.05, 0) is 134 Å². The lowest BCUT2D eigenvalue weighted by Gasteiger charge is -2.36. The molecule has 0 aliphatic heterocycles. The first-order valence-electron chi connectivity index (χ1n) is 25.6. The average Bonchev–Trinajstić information content (AvgIpc) is 3.95. The molecule has 0 saturated carbocycles. The highest BCUT2D eigenvalue weighted by Gasteiger charge is 2.48. The summed E-state index contributed by atoms with van der Waals surface area (Å²) in [6.45, 7) is 0. The predicted octanol–water partition coefficient (Wildman–Crippen LogP) is 17.7. The van der Waals surface area contributed by atoms with Crippen LogP contribution in [0.1, 0.15) is 31.8 Å². The van der Waals surface area contributed by atoms with Crippen LogP contribution >= 0.6 is 11.3 Å². The van der Waals surface area contributed by atoms with Crippen LogP contribution in [-0.4, -0.2) is 0 Å². The zero-order chi connectivity index (χ0) is 49.7. The minimum absolute atomic E-state index is 0.0549. The SMILES string of the molecule is [2H]c1c([2H])c([2H])c2c(C3(c4cccc5c4sc4ccccc45)c4ccc(N(c5ccccc5)c5ccccc5)cc4-c4cc(N(c5ccccc5)c5ccc6ccccc6c5)ccc43)c([2H])c([2H])c([2H])c2c1[2H]. The number of fused-ring (bicyclic) bond motifs is 8. The summed E-state index contributed by atoms with van der Waals surface area (Å²) >= 11 is 1.64. The molecule has 12 aromatic rings. The van der Waals surface area contributed by atoms with E-state index in [0.717, 1.165) is 92.9 Å². The maximum absolute atomic E-state index is 10.2. The molecule has 0 radical (unpaired) electrons. The first kappa shape index (κ1) is 31.6. The normalized spacial score (nSPS) is 15.6. The van der Waals surface area contributed by atoms with E-state index in [-0.39, 0.29) is 28.4 Å². The minimum atomic E-state index is -1.47. The smallest absolute Gasteiger partial charge is 0.0733 e. The fourth-order valence-corrected chi connectivity index (χ4v) is 11.6. The molecule has 3 heteroatoms. The highest BCUT2D eigenvalue weighted by atomic mass is 32.1. The molecule has 0 amide bonds. The van der Waals surface area contributed by atoms with Crippen molar-refractivity contribution in [3.8, 4) is 11.1 Å². The number of benzene rings is 11. The lowest BCUT2D eigenvalue weighted by atomic mass is 9.66. The van der Waals surface area contributed by atoms with Crippen LogP contribution in [0.3, 0.4) is 0 Å². The summed E-state index contributed by atoms with van der Waals surface area (Å²) < 4.78 is 68.2. The van der Waals surface area contributed by atoms with E-state index >= 15 is 0 Å². The Morgan fingerprint density at radius 2 is 0.864 bits per heavy atom. The van der Waals surface area contributed by atoms with Gasteiger partial charge in [0.15, 0.2) is 0 Å². The third-order valence-corrected chi connectivity index (χ3v) is 14.4. The summed E-state index contributed by atoms with van der Waals surface area (Å²) in [5.41, 5.74) is 8.40. The Labute approximate surface area is 398 Å². The van der Waals surface area contributed by atoms with Crippen molar-refractivity contribution >= 4 is 87.2 Å². The summed E-state index contributed by atoms with van der Waals surface area (Å²) in [5.74, 6) is 0. The minimum Gasteiger partial charge on any atom is -0.310 e. The fraction of sp³-hybridized carbons (Fsp3) is 0.0159. The van der Waals surface area contributed by atoms with Gasteiger partial charge in [-0.1, -0.05) is 176 Å². The van der Waals surface area contributed by atoms with Crippen molar-refractivity contribution in [3.63, 3.8) is 0 Å². The summed E-state index contributed by atoms with van der Waals surface area (Å²) in [6, 6.07) is 70.1. The Morgan fingerprint density at radius 3 is 1.55 bits per heavy atom. The maximum Gasteiger partial charge on any atom is 0.0733 e. The number of rotatable bonds is 8. The van der Waals surface area contributed by atoms with Gasteiger partial charge in [-0.2, -0.15) is 0 Å². The van der Waals surface area contributed by atoms with E-state index in [1.165, 1.54) is 0 Å². The third kappa shape index (κ3) is 5.94. The molecule has 1 aromatic heterocycles. The topological polar surface area (TPSA) is 6.48 Å². The molecule has 1 unspecified atom stereocenters.